The summed E-state index contributed by atoms with van der Waals surface area (Å²) in [4.78, 5) is 40.3. The number of carbonyl (C=O) groups is 3. The smallest absolute Gasteiger partial charge is 0.407 e. The van der Waals surface area contributed by atoms with E-state index in [9.17, 15) is 29.7 Å². The lowest BCUT2D eigenvalue weighted by Crippen LogP contribution is -2.65. The molecule has 14 nitrogen and oxygen atoms in total. The van der Waals surface area contributed by atoms with Crippen molar-refractivity contribution in [1.29, 1.82) is 0 Å². The number of Topliss-reactive ketones (excluding diaryl/α,β-unsaturated/α-hetero) is 1. The Hall–Kier alpha value is -2.95. The Kier molecular flexibility index (Phi) is 17.3. The van der Waals surface area contributed by atoms with Gasteiger partial charge >= 0.3 is 12.1 Å². The standard InChI is InChI=1S/C52H81NO13/c1-11-38(47(56)57)40-20-19-31(4)45(63-40)35(8)43(54)34(7)44(55)39(12-2)46-32(5)29-33(6)51(64-46)24-21-41(53-48(58)61-28-27-60-30-37-17-15-14-16-18-37)52(66-51)26-25-49(10,65-52)42-22-23-50(59,13-3)36(9)62-42/h14-18,21,24,31-36,38-43,45-46,54,59H,11-13,19-20,22-23,25-30H2,1-10H3,(H,53,58)(H,56,57)/t31-,32-,33+,34-,35-,36-,38+,39?,40+,41+,42+,43+,45+,46-,49-,50+,51-,52-/m0/s1. The normalized spacial score (nSPS) is 39.2. The molecule has 4 fully saturated rings. The Bertz CT molecular complexity index is 1810. The van der Waals surface area contributed by atoms with E-state index >= 15 is 0 Å². The zero-order chi connectivity index (χ0) is 48.2. The van der Waals surface area contributed by atoms with Crippen LogP contribution in [-0.2, 0) is 49.4 Å². The van der Waals surface area contributed by atoms with Crippen LogP contribution in [0.15, 0.2) is 42.5 Å². The number of benzene rings is 1. The molecule has 0 radical (unpaired) electrons. The van der Waals surface area contributed by atoms with Gasteiger partial charge in [-0.15, -0.1) is 0 Å². The number of aliphatic hydroxyl groups excluding tert-OH is 1. The maximum Gasteiger partial charge on any atom is 0.407 e. The number of ketones is 1. The third-order valence-electron chi connectivity index (χ3n) is 16.3. The summed E-state index contributed by atoms with van der Waals surface area (Å²) < 4.78 is 45.9. The summed E-state index contributed by atoms with van der Waals surface area (Å²) in [7, 11) is 0. The monoisotopic (exact) mass is 928 g/mol. The molecule has 5 heterocycles. The van der Waals surface area contributed by atoms with Gasteiger partial charge in [0.1, 0.15) is 18.4 Å². The van der Waals surface area contributed by atoms with Crippen LogP contribution in [0, 0.1) is 41.4 Å². The highest BCUT2D eigenvalue weighted by atomic mass is 16.8. The number of rotatable bonds is 18. The van der Waals surface area contributed by atoms with Gasteiger partial charge in [-0.05, 0) is 95.1 Å². The maximum atomic E-state index is 14.7. The fourth-order valence-corrected chi connectivity index (χ4v) is 11.8. The van der Waals surface area contributed by atoms with Crippen molar-refractivity contribution in [2.24, 2.45) is 41.4 Å². The molecule has 0 bridgehead atoms. The molecule has 0 aromatic heterocycles. The Labute approximate surface area is 393 Å². The second-order valence-corrected chi connectivity index (χ2v) is 20.8. The number of alkyl carbamates (subject to hydrolysis) is 1. The Morgan fingerprint density at radius 2 is 1.59 bits per heavy atom. The second-order valence-electron chi connectivity index (χ2n) is 20.8. The van der Waals surface area contributed by atoms with E-state index in [1.807, 2.05) is 84.0 Å². The molecule has 1 amide bonds. The third kappa shape index (κ3) is 11.1. The largest absolute Gasteiger partial charge is 0.481 e. The number of nitrogens with one attached hydrogen (secondary N) is 1. The molecule has 5 aliphatic heterocycles. The molecule has 5 aliphatic rings. The number of amides is 1. The third-order valence-corrected chi connectivity index (χ3v) is 16.3. The number of hydrogen-bond acceptors (Lipinski definition) is 12. The van der Waals surface area contributed by atoms with E-state index in [2.05, 4.69) is 26.1 Å². The first-order chi connectivity index (χ1) is 31.3. The van der Waals surface area contributed by atoms with Crippen LogP contribution in [0.3, 0.4) is 0 Å². The topological polar surface area (TPSA) is 189 Å². The minimum Gasteiger partial charge on any atom is -0.481 e. The number of hydrogen-bond donors (Lipinski definition) is 4. The first kappa shape index (κ1) is 52.4. The van der Waals surface area contributed by atoms with Crippen molar-refractivity contribution in [3.05, 3.63) is 48.0 Å². The van der Waals surface area contributed by atoms with Crippen molar-refractivity contribution >= 4 is 17.8 Å². The van der Waals surface area contributed by atoms with Gasteiger partial charge in [0.05, 0.1) is 67.0 Å². The lowest BCUT2D eigenvalue weighted by atomic mass is 9.72. The average molecular weight is 928 g/mol. The zero-order valence-corrected chi connectivity index (χ0v) is 41.2. The van der Waals surface area contributed by atoms with E-state index in [0.29, 0.717) is 64.4 Å². The fraction of sp³-hybridized carbons (Fsp3) is 0.788. The van der Waals surface area contributed by atoms with Crippen molar-refractivity contribution < 1.29 is 62.9 Å². The van der Waals surface area contributed by atoms with Crippen LogP contribution in [0.5, 0.6) is 0 Å². The molecular weight excluding hydrogens is 847 g/mol. The molecule has 14 heteroatoms. The van der Waals surface area contributed by atoms with Gasteiger partial charge in [0, 0.05) is 30.1 Å². The summed E-state index contributed by atoms with van der Waals surface area (Å²) in [6.07, 6.45) is 5.45. The molecule has 4 saturated heterocycles. The second kappa shape index (κ2) is 21.8. The van der Waals surface area contributed by atoms with Crippen molar-refractivity contribution in [2.75, 3.05) is 13.2 Å². The molecule has 1 aromatic rings. The van der Waals surface area contributed by atoms with Gasteiger partial charge in [-0.2, -0.15) is 0 Å². The van der Waals surface area contributed by atoms with Crippen molar-refractivity contribution in [3.63, 3.8) is 0 Å². The molecular formula is C52H81NO13. The molecule has 0 saturated carbocycles. The zero-order valence-electron chi connectivity index (χ0n) is 41.2. The van der Waals surface area contributed by atoms with Crippen LogP contribution < -0.4 is 5.32 Å². The molecule has 372 valence electrons. The van der Waals surface area contributed by atoms with Gasteiger partial charge in [0.15, 0.2) is 11.6 Å². The summed E-state index contributed by atoms with van der Waals surface area (Å²) in [5.74, 6) is -6.27. The van der Waals surface area contributed by atoms with E-state index in [4.69, 9.17) is 33.2 Å². The van der Waals surface area contributed by atoms with Gasteiger partial charge < -0.3 is 53.8 Å². The highest BCUT2D eigenvalue weighted by molar-refractivity contribution is 5.84. The molecule has 1 unspecified atom stereocenters. The molecule has 18 atom stereocenters. The number of carboxylic acids is 1. The highest BCUT2D eigenvalue weighted by Gasteiger charge is 2.63. The average Bonchev–Trinajstić information content (AvgIpc) is 3.64. The SMILES string of the molecule is CCC(C(=O)[C@@H](C)[C@@H](O)[C@H](C)[C@@H]1O[C@@H]([C@@H](CC)C(=O)O)CC[C@@H]1C)[C@H]1O[C@]2(C=C[C@@H](NC(=O)OCCOCc3ccccc3)[C@]3(CC[C@@](C)([C@H]4CC[C@](O)(CC)[C@H](C)O4)O3)O2)[C@H](C)C[C@@H]1C. The lowest BCUT2D eigenvalue weighted by molar-refractivity contribution is -0.398. The predicted molar refractivity (Wildman–Crippen MR) is 247 cm³/mol. The number of carbonyl (C=O) groups excluding carboxylic acids is 2. The minimum absolute atomic E-state index is 0.0366. The maximum absolute atomic E-state index is 14.7. The van der Waals surface area contributed by atoms with Crippen LogP contribution in [-0.4, -0.2) is 112 Å². The number of ether oxygens (including phenoxy) is 7. The predicted octanol–water partition coefficient (Wildman–Crippen LogP) is 8.14. The van der Waals surface area contributed by atoms with Gasteiger partial charge in [-0.25, -0.2) is 4.79 Å². The van der Waals surface area contributed by atoms with Crippen LogP contribution in [0.2, 0.25) is 0 Å². The van der Waals surface area contributed by atoms with E-state index in [-0.39, 0.29) is 42.9 Å². The van der Waals surface area contributed by atoms with Gasteiger partial charge in [0.2, 0.25) is 0 Å². The van der Waals surface area contributed by atoms with Crippen molar-refractivity contribution in [1.82, 2.24) is 5.32 Å². The Morgan fingerprint density at radius 1 is 0.879 bits per heavy atom. The Morgan fingerprint density at radius 3 is 2.24 bits per heavy atom. The van der Waals surface area contributed by atoms with E-state index in [1.165, 1.54) is 0 Å². The minimum atomic E-state index is -1.41. The molecule has 2 spiro atoms. The van der Waals surface area contributed by atoms with Crippen molar-refractivity contribution in [2.45, 2.75) is 205 Å². The molecule has 4 N–H and O–H groups in total. The van der Waals surface area contributed by atoms with E-state index in [0.717, 1.165) is 12.0 Å². The number of carboxylic acid groups (broad SMARTS) is 1. The molecule has 1 aromatic carbocycles. The first-order valence-electron chi connectivity index (χ1n) is 25.1. The number of aliphatic carboxylic acids is 1. The Balaban J connectivity index is 1.20. The quantitative estimate of drug-likeness (QED) is 0.0817. The van der Waals surface area contributed by atoms with Gasteiger partial charge in [0.25, 0.3) is 0 Å². The fourth-order valence-electron chi connectivity index (χ4n) is 11.8. The van der Waals surface area contributed by atoms with Crippen LogP contribution in [0.1, 0.15) is 139 Å². The highest BCUT2D eigenvalue weighted by Crippen LogP contribution is 2.54. The molecule has 0 aliphatic carbocycles. The summed E-state index contributed by atoms with van der Waals surface area (Å²) in [6, 6.07) is 8.99. The van der Waals surface area contributed by atoms with E-state index < -0.39 is 95.1 Å². The molecule has 66 heavy (non-hydrogen) atoms. The molecule has 6 rings (SSSR count). The summed E-state index contributed by atoms with van der Waals surface area (Å²) in [5.41, 5.74) is -0.758. The van der Waals surface area contributed by atoms with Crippen molar-refractivity contribution in [3.8, 4) is 0 Å². The van der Waals surface area contributed by atoms with Crippen LogP contribution >= 0.6 is 0 Å². The van der Waals surface area contributed by atoms with Gasteiger partial charge in [-0.3, -0.25) is 9.59 Å². The van der Waals surface area contributed by atoms with Crippen LogP contribution in [0.4, 0.5) is 4.79 Å². The summed E-state index contributed by atoms with van der Waals surface area (Å²) in [5, 5.41) is 36.0. The lowest BCUT2D eigenvalue weighted by Gasteiger charge is -2.55. The summed E-state index contributed by atoms with van der Waals surface area (Å²) >= 11 is 0. The van der Waals surface area contributed by atoms with Gasteiger partial charge in [-0.1, -0.05) is 91.8 Å². The van der Waals surface area contributed by atoms with E-state index in [1.54, 1.807) is 6.92 Å². The van der Waals surface area contributed by atoms with Crippen LogP contribution in [0.25, 0.3) is 0 Å². The number of aliphatic hydroxyl groups is 2. The summed E-state index contributed by atoms with van der Waals surface area (Å²) in [6.45, 7) is 20.2. The first-order valence-corrected chi connectivity index (χ1v) is 25.1.